The Labute approximate surface area is 54.0 Å². The third kappa shape index (κ3) is 5.26. The number of primary amides is 1. The van der Waals surface area contributed by atoms with Crippen molar-refractivity contribution in [2.75, 3.05) is 13.2 Å². The van der Waals surface area contributed by atoms with E-state index in [2.05, 4.69) is 5.32 Å². The number of nitrogens with two attached hydrogens (primary N) is 1. The monoisotopic (exact) mass is 132 g/mol. The second-order valence-corrected chi connectivity index (χ2v) is 1.93. The van der Waals surface area contributed by atoms with Crippen LogP contribution in [-0.4, -0.2) is 30.2 Å². The Morgan fingerprint density at radius 2 is 2.44 bits per heavy atom. The van der Waals surface area contributed by atoms with Gasteiger partial charge >= 0.3 is 0 Å². The van der Waals surface area contributed by atoms with Crippen molar-refractivity contribution in [3.05, 3.63) is 0 Å². The van der Waals surface area contributed by atoms with Gasteiger partial charge in [-0.2, -0.15) is 0 Å². The summed E-state index contributed by atoms with van der Waals surface area (Å²) in [7, 11) is 0. The molecule has 1 unspecified atom stereocenters. The summed E-state index contributed by atoms with van der Waals surface area (Å²) in [4.78, 5) is 10.1. The van der Waals surface area contributed by atoms with Gasteiger partial charge in [0.1, 0.15) is 0 Å². The highest BCUT2D eigenvalue weighted by molar-refractivity contribution is 5.75. The van der Waals surface area contributed by atoms with Crippen molar-refractivity contribution in [1.29, 1.82) is 0 Å². The maximum Gasteiger partial charge on any atom is 0.231 e. The minimum absolute atomic E-state index is 0.0211. The van der Waals surface area contributed by atoms with Crippen molar-refractivity contribution < 1.29 is 9.90 Å². The number of hydrogen-bond donors (Lipinski definition) is 3. The van der Waals surface area contributed by atoms with E-state index < -0.39 is 5.91 Å². The van der Waals surface area contributed by atoms with E-state index in [0.29, 0.717) is 0 Å². The molecule has 0 aromatic heterocycles. The Morgan fingerprint density at radius 1 is 1.89 bits per heavy atom. The third-order valence-electron chi connectivity index (χ3n) is 0.899. The van der Waals surface area contributed by atoms with Gasteiger partial charge in [-0.05, 0) is 6.92 Å². The van der Waals surface area contributed by atoms with Crippen LogP contribution in [0.15, 0.2) is 0 Å². The van der Waals surface area contributed by atoms with Crippen molar-refractivity contribution in [2.24, 2.45) is 5.73 Å². The quantitative estimate of drug-likeness (QED) is 0.433. The van der Waals surface area contributed by atoms with Gasteiger partial charge in [-0.3, -0.25) is 4.79 Å². The molecular weight excluding hydrogens is 120 g/mol. The van der Waals surface area contributed by atoms with Crippen LogP contribution in [0.25, 0.3) is 0 Å². The van der Waals surface area contributed by atoms with Gasteiger partial charge in [0.15, 0.2) is 0 Å². The Kier molecular flexibility index (Phi) is 4.00. The SMILES string of the molecule is CC(CO)NCC(N)=O. The van der Waals surface area contributed by atoms with Gasteiger partial charge in [0.05, 0.1) is 13.2 Å². The maximum absolute atomic E-state index is 10.1. The predicted molar refractivity (Wildman–Crippen MR) is 33.7 cm³/mol. The summed E-state index contributed by atoms with van der Waals surface area (Å²) in [6.45, 7) is 1.91. The van der Waals surface area contributed by atoms with Gasteiger partial charge in [0.2, 0.25) is 5.91 Å². The van der Waals surface area contributed by atoms with Crippen molar-refractivity contribution in [3.63, 3.8) is 0 Å². The minimum Gasteiger partial charge on any atom is -0.395 e. The zero-order valence-electron chi connectivity index (χ0n) is 5.42. The summed E-state index contributed by atoms with van der Waals surface area (Å²) in [5.74, 6) is -0.407. The molecule has 0 aliphatic carbocycles. The van der Waals surface area contributed by atoms with Crippen LogP contribution in [0.5, 0.6) is 0 Å². The molecule has 0 radical (unpaired) electrons. The average molecular weight is 132 g/mol. The molecule has 1 amide bonds. The van der Waals surface area contributed by atoms with E-state index in [0.717, 1.165) is 0 Å². The molecule has 0 aromatic rings. The molecule has 54 valence electrons. The van der Waals surface area contributed by atoms with E-state index in [9.17, 15) is 4.79 Å². The predicted octanol–water partition coefficient (Wildman–Crippen LogP) is -1.56. The number of hydrogen-bond acceptors (Lipinski definition) is 3. The molecule has 0 bridgehead atoms. The van der Waals surface area contributed by atoms with Gasteiger partial charge < -0.3 is 16.2 Å². The number of amides is 1. The lowest BCUT2D eigenvalue weighted by Gasteiger charge is -2.06. The first-order valence-corrected chi connectivity index (χ1v) is 2.79. The van der Waals surface area contributed by atoms with Gasteiger partial charge in [0, 0.05) is 6.04 Å². The van der Waals surface area contributed by atoms with Crippen molar-refractivity contribution in [3.8, 4) is 0 Å². The number of carbonyl (C=O) groups is 1. The summed E-state index contributed by atoms with van der Waals surface area (Å²) < 4.78 is 0. The molecular formula is C5H12N2O2. The molecule has 4 heteroatoms. The van der Waals surface area contributed by atoms with Crippen LogP contribution in [0, 0.1) is 0 Å². The number of aliphatic hydroxyl groups excluding tert-OH is 1. The highest BCUT2D eigenvalue weighted by atomic mass is 16.3. The van der Waals surface area contributed by atoms with E-state index in [1.54, 1.807) is 6.92 Å². The summed E-state index contributed by atoms with van der Waals surface area (Å²) in [6.07, 6.45) is 0. The number of nitrogens with one attached hydrogen (secondary N) is 1. The highest BCUT2D eigenvalue weighted by Gasteiger charge is 1.98. The summed E-state index contributed by atoms with van der Waals surface area (Å²) in [5.41, 5.74) is 4.81. The fourth-order valence-corrected chi connectivity index (χ4v) is 0.339. The van der Waals surface area contributed by atoms with E-state index in [4.69, 9.17) is 10.8 Å². The molecule has 9 heavy (non-hydrogen) atoms. The second kappa shape index (κ2) is 4.29. The molecule has 0 rings (SSSR count). The maximum atomic E-state index is 10.1. The Hall–Kier alpha value is -0.610. The molecule has 0 aliphatic heterocycles. The van der Waals surface area contributed by atoms with Crippen LogP contribution in [0.1, 0.15) is 6.92 Å². The second-order valence-electron chi connectivity index (χ2n) is 1.93. The first-order chi connectivity index (χ1) is 4.16. The van der Waals surface area contributed by atoms with E-state index in [-0.39, 0.29) is 19.2 Å². The number of rotatable bonds is 4. The number of aliphatic hydroxyl groups is 1. The molecule has 0 aliphatic rings. The number of carbonyl (C=O) groups excluding carboxylic acids is 1. The van der Waals surface area contributed by atoms with Gasteiger partial charge in [-0.15, -0.1) is 0 Å². The fraction of sp³-hybridized carbons (Fsp3) is 0.800. The molecule has 4 N–H and O–H groups in total. The van der Waals surface area contributed by atoms with Crippen molar-refractivity contribution >= 4 is 5.91 Å². The van der Waals surface area contributed by atoms with E-state index >= 15 is 0 Å². The van der Waals surface area contributed by atoms with E-state index in [1.807, 2.05) is 0 Å². The molecule has 0 saturated heterocycles. The lowest BCUT2D eigenvalue weighted by atomic mass is 10.3. The highest BCUT2D eigenvalue weighted by Crippen LogP contribution is 1.74. The van der Waals surface area contributed by atoms with Crippen molar-refractivity contribution in [2.45, 2.75) is 13.0 Å². The first kappa shape index (κ1) is 8.39. The zero-order chi connectivity index (χ0) is 7.28. The molecule has 4 nitrogen and oxygen atoms in total. The standard InChI is InChI=1S/C5H12N2O2/c1-4(3-8)7-2-5(6)9/h4,7-8H,2-3H2,1H3,(H2,6,9). The van der Waals surface area contributed by atoms with Gasteiger partial charge in [0.25, 0.3) is 0 Å². The average Bonchev–Trinajstić information content (AvgIpc) is 1.83. The molecule has 0 spiro atoms. The minimum atomic E-state index is -0.407. The Balaban J connectivity index is 3.16. The summed E-state index contributed by atoms with van der Waals surface area (Å²) in [5, 5.41) is 11.1. The van der Waals surface area contributed by atoms with Gasteiger partial charge in [-0.1, -0.05) is 0 Å². The van der Waals surface area contributed by atoms with Crippen LogP contribution in [-0.2, 0) is 4.79 Å². The summed E-state index contributed by atoms with van der Waals surface area (Å²) in [6, 6.07) is -0.0579. The molecule has 0 saturated carbocycles. The normalized spacial score (nSPS) is 13.1. The molecule has 0 fully saturated rings. The van der Waals surface area contributed by atoms with Crippen LogP contribution < -0.4 is 11.1 Å². The van der Waals surface area contributed by atoms with Gasteiger partial charge in [-0.25, -0.2) is 0 Å². The fourth-order valence-electron chi connectivity index (χ4n) is 0.339. The van der Waals surface area contributed by atoms with E-state index in [1.165, 1.54) is 0 Å². The third-order valence-corrected chi connectivity index (χ3v) is 0.899. The Morgan fingerprint density at radius 3 is 2.78 bits per heavy atom. The Bertz CT molecular complexity index is 95.0. The summed E-state index contributed by atoms with van der Waals surface area (Å²) >= 11 is 0. The lowest BCUT2D eigenvalue weighted by molar-refractivity contribution is -0.117. The van der Waals surface area contributed by atoms with Crippen molar-refractivity contribution in [1.82, 2.24) is 5.32 Å². The van der Waals surface area contributed by atoms with Crippen LogP contribution >= 0.6 is 0 Å². The molecule has 0 aromatic carbocycles. The zero-order valence-corrected chi connectivity index (χ0v) is 5.42. The molecule has 0 heterocycles. The smallest absolute Gasteiger partial charge is 0.231 e. The lowest BCUT2D eigenvalue weighted by Crippen LogP contribution is -2.36. The first-order valence-electron chi connectivity index (χ1n) is 2.79. The molecule has 1 atom stereocenters. The van der Waals surface area contributed by atoms with Crippen LogP contribution in [0.2, 0.25) is 0 Å². The van der Waals surface area contributed by atoms with Crippen LogP contribution in [0.3, 0.4) is 0 Å². The largest absolute Gasteiger partial charge is 0.395 e. The van der Waals surface area contributed by atoms with Crippen LogP contribution in [0.4, 0.5) is 0 Å². The topological polar surface area (TPSA) is 75.3 Å².